The van der Waals surface area contributed by atoms with E-state index in [4.69, 9.17) is 16.7 Å². The molecule has 1 fully saturated rings. The molecule has 0 spiro atoms. The molecule has 1 N–H and O–H groups in total. The molecule has 0 saturated heterocycles. The minimum atomic E-state index is -0.727. The van der Waals surface area contributed by atoms with E-state index in [1.807, 2.05) is 30.3 Å². The Hall–Kier alpha value is -3.69. The predicted molar refractivity (Wildman–Crippen MR) is 148 cm³/mol. The lowest BCUT2D eigenvalue weighted by Gasteiger charge is -2.23. The molecule has 6 nitrogen and oxygen atoms in total. The fourth-order valence-corrected chi connectivity index (χ4v) is 6.16. The van der Waals surface area contributed by atoms with Crippen LogP contribution in [0.3, 0.4) is 0 Å². The molecule has 2 heterocycles. The van der Waals surface area contributed by atoms with Crippen LogP contribution in [0, 0.1) is 11.6 Å². The smallest absolute Gasteiger partial charge is 0.240 e. The Morgan fingerprint density at radius 1 is 1.05 bits per heavy atom. The normalized spacial score (nSPS) is 17.1. The van der Waals surface area contributed by atoms with Crippen molar-refractivity contribution < 1.29 is 18.4 Å². The van der Waals surface area contributed by atoms with Crippen molar-refractivity contribution in [3.8, 4) is 16.9 Å². The number of thioether (sulfide) groups is 1. The average Bonchev–Trinajstić information content (AvgIpc) is 3.68. The summed E-state index contributed by atoms with van der Waals surface area (Å²) >= 11 is 7.82. The number of halogens is 3. The number of hydrogen-bond donors (Lipinski definition) is 1. The van der Waals surface area contributed by atoms with Crippen LogP contribution in [0.4, 0.5) is 14.6 Å². The summed E-state index contributed by atoms with van der Waals surface area (Å²) < 4.78 is 30.7. The van der Waals surface area contributed by atoms with E-state index in [0.717, 1.165) is 24.5 Å². The largest absolute Gasteiger partial charge is 0.352 e. The molecule has 4 aromatic rings. The highest BCUT2D eigenvalue weighted by Crippen LogP contribution is 2.49. The molecule has 2 aliphatic rings. The summed E-state index contributed by atoms with van der Waals surface area (Å²) in [6.07, 6.45) is 1.81. The number of carbonyl (C=O) groups is 2. The lowest BCUT2D eigenvalue weighted by atomic mass is 9.99. The monoisotopic (exact) mass is 564 g/mol. The number of rotatable bonds is 6. The van der Waals surface area contributed by atoms with Crippen molar-refractivity contribution in [2.45, 2.75) is 24.1 Å². The molecule has 39 heavy (non-hydrogen) atoms. The van der Waals surface area contributed by atoms with Gasteiger partial charge in [-0.05, 0) is 31.0 Å². The van der Waals surface area contributed by atoms with Gasteiger partial charge in [0.1, 0.15) is 24.0 Å². The molecule has 198 valence electrons. The van der Waals surface area contributed by atoms with Gasteiger partial charge < -0.3 is 5.32 Å². The fraction of sp³-hybridized carbons (Fsp3) is 0.207. The molecule has 1 aliphatic carbocycles. The number of nitrogens with one attached hydrogen (secondary N) is 1. The maximum atomic E-state index is 15.3. The second-order valence-corrected chi connectivity index (χ2v) is 11.0. The molecule has 1 unspecified atom stereocenters. The summed E-state index contributed by atoms with van der Waals surface area (Å²) in [4.78, 5) is 28.0. The van der Waals surface area contributed by atoms with Crippen molar-refractivity contribution >= 4 is 41.0 Å². The summed E-state index contributed by atoms with van der Waals surface area (Å²) in [5.41, 5.74) is 2.51. The molecule has 1 aromatic heterocycles. The van der Waals surface area contributed by atoms with Crippen LogP contribution in [0.2, 0.25) is 5.02 Å². The number of carbonyl (C=O) groups excluding carboxylic acids is 2. The number of benzene rings is 3. The summed E-state index contributed by atoms with van der Waals surface area (Å²) in [5, 5.41) is 7.54. The van der Waals surface area contributed by atoms with E-state index in [1.54, 1.807) is 28.9 Å². The van der Waals surface area contributed by atoms with Crippen LogP contribution in [-0.4, -0.2) is 39.9 Å². The Morgan fingerprint density at radius 2 is 1.79 bits per heavy atom. The van der Waals surface area contributed by atoms with Gasteiger partial charge >= 0.3 is 0 Å². The van der Waals surface area contributed by atoms with E-state index in [1.165, 1.54) is 28.8 Å². The molecule has 1 saturated carbocycles. The van der Waals surface area contributed by atoms with Gasteiger partial charge in [-0.25, -0.2) is 13.5 Å². The minimum Gasteiger partial charge on any atom is -0.352 e. The van der Waals surface area contributed by atoms with Gasteiger partial charge in [0.15, 0.2) is 0 Å². The van der Waals surface area contributed by atoms with Gasteiger partial charge in [0, 0.05) is 28.8 Å². The van der Waals surface area contributed by atoms with Gasteiger partial charge in [0.05, 0.1) is 27.4 Å². The maximum Gasteiger partial charge on any atom is 0.240 e. The number of amides is 2. The minimum absolute atomic E-state index is 0.0242. The van der Waals surface area contributed by atoms with Crippen LogP contribution < -0.4 is 10.2 Å². The maximum absolute atomic E-state index is 15.3. The number of hydrogen-bond acceptors (Lipinski definition) is 4. The first-order valence-electron chi connectivity index (χ1n) is 12.5. The van der Waals surface area contributed by atoms with E-state index < -0.39 is 16.9 Å². The molecule has 10 heteroatoms. The van der Waals surface area contributed by atoms with E-state index in [0.29, 0.717) is 27.8 Å². The van der Waals surface area contributed by atoms with Crippen LogP contribution >= 0.6 is 23.4 Å². The molecular formula is C29H23ClF2N4O2S. The van der Waals surface area contributed by atoms with E-state index in [9.17, 15) is 14.0 Å². The standard InChI is InChI=1S/C29H23ClF2N4O2S/c30-21-8-4-5-9-23(21)36-29-26(27(34-36)17-6-2-1-3-7-17)28(20-13-10-18(31)14-22(20)32)39-16-25(38)35(29)15-24(37)33-19-11-12-19/h1-10,13-14,19,28H,11-12,15-16H2,(H,33,37). The number of aromatic nitrogens is 2. The zero-order valence-electron chi connectivity index (χ0n) is 20.6. The van der Waals surface area contributed by atoms with Crippen LogP contribution in [0.5, 0.6) is 0 Å². The number of anilines is 1. The van der Waals surface area contributed by atoms with Crippen LogP contribution in [0.15, 0.2) is 72.8 Å². The molecule has 3 aromatic carbocycles. The highest BCUT2D eigenvalue weighted by atomic mass is 35.5. The highest BCUT2D eigenvalue weighted by Gasteiger charge is 2.39. The Balaban J connectivity index is 1.63. The summed E-state index contributed by atoms with van der Waals surface area (Å²) in [6.45, 7) is -0.230. The third kappa shape index (κ3) is 5.04. The summed E-state index contributed by atoms with van der Waals surface area (Å²) in [7, 11) is 0. The third-order valence-electron chi connectivity index (χ3n) is 6.71. The van der Waals surface area contributed by atoms with Crippen LogP contribution in [-0.2, 0) is 9.59 Å². The van der Waals surface area contributed by atoms with E-state index in [2.05, 4.69) is 5.32 Å². The second kappa shape index (κ2) is 10.5. The number of fused-ring (bicyclic) bond motifs is 1. The van der Waals surface area contributed by atoms with Crippen molar-refractivity contribution in [2.24, 2.45) is 0 Å². The predicted octanol–water partition coefficient (Wildman–Crippen LogP) is 5.92. The third-order valence-corrected chi connectivity index (χ3v) is 8.26. The topological polar surface area (TPSA) is 67.2 Å². The zero-order chi connectivity index (χ0) is 27.1. The van der Waals surface area contributed by atoms with Gasteiger partial charge in [0.2, 0.25) is 11.8 Å². The fourth-order valence-electron chi connectivity index (χ4n) is 4.72. The molecule has 0 bridgehead atoms. The number of nitrogens with zero attached hydrogens (tertiary/aromatic N) is 3. The summed E-state index contributed by atoms with van der Waals surface area (Å²) in [6, 6.07) is 19.9. The lowest BCUT2D eigenvalue weighted by Crippen LogP contribution is -2.43. The van der Waals surface area contributed by atoms with E-state index in [-0.39, 0.29) is 35.7 Å². The average molecular weight is 565 g/mol. The van der Waals surface area contributed by atoms with Gasteiger partial charge in [-0.3, -0.25) is 14.5 Å². The van der Waals surface area contributed by atoms with Crippen LogP contribution in [0.25, 0.3) is 16.9 Å². The number of para-hydroxylation sites is 1. The summed E-state index contributed by atoms with van der Waals surface area (Å²) in [5.74, 6) is -1.73. The SMILES string of the molecule is O=C(CN1C(=O)CSC(c2ccc(F)cc2F)c2c(-c3ccccc3)nn(-c3ccccc3Cl)c21)NC1CC1. The first-order chi connectivity index (χ1) is 18.9. The van der Waals surface area contributed by atoms with Gasteiger partial charge in [-0.2, -0.15) is 5.10 Å². The Labute approximate surface area is 233 Å². The van der Waals surface area contributed by atoms with E-state index >= 15 is 4.39 Å². The Morgan fingerprint density at radius 3 is 2.51 bits per heavy atom. The van der Waals surface area contributed by atoms with Crippen LogP contribution in [0.1, 0.15) is 29.2 Å². The Kier molecular flexibility index (Phi) is 6.86. The van der Waals surface area contributed by atoms with Gasteiger partial charge in [-0.1, -0.05) is 60.1 Å². The first kappa shape index (κ1) is 25.6. The molecule has 1 aliphatic heterocycles. The van der Waals surface area contributed by atoms with Gasteiger partial charge in [-0.15, -0.1) is 11.8 Å². The molecular weight excluding hydrogens is 542 g/mol. The molecule has 1 atom stereocenters. The second-order valence-electron chi connectivity index (χ2n) is 9.49. The van der Waals surface area contributed by atoms with Crippen molar-refractivity contribution in [1.82, 2.24) is 15.1 Å². The molecule has 6 rings (SSSR count). The highest BCUT2D eigenvalue weighted by molar-refractivity contribution is 8.00. The van der Waals surface area contributed by atoms with Crippen molar-refractivity contribution in [3.05, 3.63) is 101 Å². The van der Waals surface area contributed by atoms with Crippen molar-refractivity contribution in [1.29, 1.82) is 0 Å². The lowest BCUT2D eigenvalue weighted by molar-refractivity contribution is -0.123. The Bertz CT molecular complexity index is 1580. The molecule has 2 amide bonds. The molecule has 0 radical (unpaired) electrons. The van der Waals surface area contributed by atoms with Crippen molar-refractivity contribution in [3.63, 3.8) is 0 Å². The zero-order valence-corrected chi connectivity index (χ0v) is 22.2. The van der Waals surface area contributed by atoms with Gasteiger partial charge in [0.25, 0.3) is 0 Å². The first-order valence-corrected chi connectivity index (χ1v) is 13.9. The quantitative estimate of drug-likeness (QED) is 0.316. The van der Waals surface area contributed by atoms with Crippen molar-refractivity contribution in [2.75, 3.05) is 17.2 Å².